The van der Waals surface area contributed by atoms with Crippen LogP contribution in [0.25, 0.3) is 0 Å². The molecule has 1 aromatic carbocycles. The van der Waals surface area contributed by atoms with Crippen molar-refractivity contribution < 1.29 is 4.52 Å². The van der Waals surface area contributed by atoms with Crippen molar-refractivity contribution in [3.8, 4) is 0 Å². The second-order valence-corrected chi connectivity index (χ2v) is 5.68. The van der Waals surface area contributed by atoms with Crippen LogP contribution in [0.1, 0.15) is 47.2 Å². The fourth-order valence-electron chi connectivity index (χ4n) is 2.67. The molecule has 0 saturated carbocycles. The van der Waals surface area contributed by atoms with Crippen molar-refractivity contribution in [1.82, 2.24) is 15.5 Å². The van der Waals surface area contributed by atoms with Crippen molar-refractivity contribution in [2.24, 2.45) is 0 Å². The zero-order valence-electron chi connectivity index (χ0n) is 12.1. The predicted molar refractivity (Wildman–Crippen MR) is 77.9 cm³/mol. The molecule has 2 aromatic rings. The van der Waals surface area contributed by atoms with Crippen LogP contribution in [-0.2, 0) is 6.42 Å². The van der Waals surface area contributed by atoms with E-state index in [0.29, 0.717) is 18.2 Å². The van der Waals surface area contributed by atoms with Crippen molar-refractivity contribution in [3.05, 3.63) is 46.6 Å². The lowest BCUT2D eigenvalue weighted by molar-refractivity contribution is 0.366. The molecule has 0 bridgehead atoms. The maximum atomic E-state index is 5.40. The first kappa shape index (κ1) is 13.3. The highest BCUT2D eigenvalue weighted by Crippen LogP contribution is 2.21. The third kappa shape index (κ3) is 2.90. The Labute approximate surface area is 119 Å². The van der Waals surface area contributed by atoms with Gasteiger partial charge in [-0.25, -0.2) is 0 Å². The van der Waals surface area contributed by atoms with Gasteiger partial charge < -0.3 is 9.84 Å². The lowest BCUT2D eigenvalue weighted by Gasteiger charge is -2.19. The molecule has 0 radical (unpaired) electrons. The third-order valence-corrected chi connectivity index (χ3v) is 4.07. The summed E-state index contributed by atoms with van der Waals surface area (Å²) in [6.45, 7) is 6.32. The van der Waals surface area contributed by atoms with Crippen LogP contribution in [0.2, 0.25) is 0 Å². The number of rotatable bonds is 3. The standard InChI is InChI=1S/C16H21N3O/c1-11-5-6-13(8-12(11)2)9-15-18-16(19-20-15)14-4-3-7-17-10-14/h5-6,8,14,17H,3-4,7,9-10H2,1-2H3. The van der Waals surface area contributed by atoms with Crippen LogP contribution in [0.3, 0.4) is 0 Å². The average Bonchev–Trinajstić information content (AvgIpc) is 2.92. The van der Waals surface area contributed by atoms with Crippen LogP contribution < -0.4 is 5.32 Å². The highest BCUT2D eigenvalue weighted by Gasteiger charge is 2.20. The number of nitrogens with one attached hydrogen (secondary N) is 1. The molecule has 1 fully saturated rings. The van der Waals surface area contributed by atoms with Gasteiger partial charge in [-0.15, -0.1) is 0 Å². The van der Waals surface area contributed by atoms with Gasteiger partial charge in [0.15, 0.2) is 5.82 Å². The molecule has 0 amide bonds. The van der Waals surface area contributed by atoms with Crippen LogP contribution in [0, 0.1) is 13.8 Å². The summed E-state index contributed by atoms with van der Waals surface area (Å²) >= 11 is 0. The highest BCUT2D eigenvalue weighted by molar-refractivity contribution is 5.31. The molecule has 2 heterocycles. The summed E-state index contributed by atoms with van der Waals surface area (Å²) in [7, 11) is 0. The van der Waals surface area contributed by atoms with Gasteiger partial charge in [0, 0.05) is 12.5 Å². The summed E-state index contributed by atoms with van der Waals surface area (Å²) in [5.74, 6) is 1.98. The van der Waals surface area contributed by atoms with Crippen LogP contribution in [-0.4, -0.2) is 23.2 Å². The molecule has 1 aromatic heterocycles. The van der Waals surface area contributed by atoms with E-state index in [4.69, 9.17) is 4.52 Å². The van der Waals surface area contributed by atoms with Gasteiger partial charge in [-0.05, 0) is 49.9 Å². The minimum absolute atomic E-state index is 0.404. The van der Waals surface area contributed by atoms with E-state index in [2.05, 4.69) is 47.5 Å². The van der Waals surface area contributed by atoms with Crippen LogP contribution >= 0.6 is 0 Å². The number of aromatic nitrogens is 2. The Morgan fingerprint density at radius 2 is 2.20 bits per heavy atom. The average molecular weight is 271 g/mol. The van der Waals surface area contributed by atoms with E-state index in [1.54, 1.807) is 0 Å². The van der Waals surface area contributed by atoms with Crippen molar-refractivity contribution in [2.75, 3.05) is 13.1 Å². The Morgan fingerprint density at radius 1 is 1.30 bits per heavy atom. The molecule has 106 valence electrons. The Hall–Kier alpha value is -1.68. The molecule has 4 nitrogen and oxygen atoms in total. The summed E-state index contributed by atoms with van der Waals surface area (Å²) in [6, 6.07) is 6.47. The number of aryl methyl sites for hydroxylation is 2. The molecule has 3 rings (SSSR count). The van der Waals surface area contributed by atoms with Crippen LogP contribution in [0.4, 0.5) is 0 Å². The van der Waals surface area contributed by atoms with Gasteiger partial charge in [0.25, 0.3) is 0 Å². The lowest BCUT2D eigenvalue weighted by Crippen LogP contribution is -2.28. The minimum atomic E-state index is 0.404. The van der Waals surface area contributed by atoms with Crippen LogP contribution in [0.5, 0.6) is 0 Å². The summed E-state index contributed by atoms with van der Waals surface area (Å²) in [5.41, 5.74) is 3.84. The molecule has 1 atom stereocenters. The summed E-state index contributed by atoms with van der Waals surface area (Å²) in [4.78, 5) is 4.56. The van der Waals surface area contributed by atoms with Gasteiger partial charge in [0.1, 0.15) is 0 Å². The Morgan fingerprint density at radius 3 is 2.95 bits per heavy atom. The fraction of sp³-hybridized carbons (Fsp3) is 0.500. The molecule has 1 aliphatic rings. The van der Waals surface area contributed by atoms with E-state index in [1.165, 1.54) is 23.1 Å². The minimum Gasteiger partial charge on any atom is -0.339 e. The van der Waals surface area contributed by atoms with E-state index >= 15 is 0 Å². The quantitative estimate of drug-likeness (QED) is 0.932. The maximum absolute atomic E-state index is 5.40. The second-order valence-electron chi connectivity index (χ2n) is 5.68. The Balaban J connectivity index is 1.71. The number of hydrogen-bond acceptors (Lipinski definition) is 4. The van der Waals surface area contributed by atoms with Gasteiger partial charge in [-0.3, -0.25) is 0 Å². The molecule has 1 aliphatic heterocycles. The SMILES string of the molecule is Cc1ccc(Cc2nc(C3CCCNC3)no2)cc1C. The van der Waals surface area contributed by atoms with Crippen molar-refractivity contribution >= 4 is 0 Å². The second kappa shape index (κ2) is 5.75. The first-order valence-electron chi connectivity index (χ1n) is 7.31. The first-order chi connectivity index (χ1) is 9.72. The number of nitrogens with zero attached hydrogens (tertiary/aromatic N) is 2. The molecule has 0 aliphatic carbocycles. The largest absolute Gasteiger partial charge is 0.339 e. The van der Waals surface area contributed by atoms with Crippen LogP contribution in [0.15, 0.2) is 22.7 Å². The van der Waals surface area contributed by atoms with Crippen molar-refractivity contribution in [3.63, 3.8) is 0 Å². The monoisotopic (exact) mass is 271 g/mol. The number of benzene rings is 1. The normalized spacial score (nSPS) is 19.2. The maximum Gasteiger partial charge on any atom is 0.231 e. The smallest absolute Gasteiger partial charge is 0.231 e. The van der Waals surface area contributed by atoms with E-state index in [1.807, 2.05) is 0 Å². The topological polar surface area (TPSA) is 51.0 Å². The predicted octanol–water partition coefficient (Wildman–Crippen LogP) is 2.74. The third-order valence-electron chi connectivity index (χ3n) is 4.07. The Bertz CT molecular complexity index is 585. The molecule has 20 heavy (non-hydrogen) atoms. The van der Waals surface area contributed by atoms with Gasteiger partial charge in [0.05, 0.1) is 6.42 Å². The van der Waals surface area contributed by atoms with Gasteiger partial charge >= 0.3 is 0 Å². The van der Waals surface area contributed by atoms with Crippen molar-refractivity contribution in [2.45, 2.75) is 39.0 Å². The molecule has 1 N–H and O–H groups in total. The highest BCUT2D eigenvalue weighted by atomic mass is 16.5. The molecular weight excluding hydrogens is 250 g/mol. The number of piperidine rings is 1. The van der Waals surface area contributed by atoms with E-state index < -0.39 is 0 Å². The van der Waals surface area contributed by atoms with E-state index in [9.17, 15) is 0 Å². The zero-order valence-corrected chi connectivity index (χ0v) is 12.1. The molecule has 4 heteroatoms. The summed E-state index contributed by atoms with van der Waals surface area (Å²) in [5, 5.41) is 7.53. The van der Waals surface area contributed by atoms with Gasteiger partial charge in [0.2, 0.25) is 5.89 Å². The molecule has 1 saturated heterocycles. The first-order valence-corrected chi connectivity index (χ1v) is 7.31. The Kier molecular flexibility index (Phi) is 3.83. The van der Waals surface area contributed by atoms with Gasteiger partial charge in [-0.2, -0.15) is 4.98 Å². The molecule has 1 unspecified atom stereocenters. The summed E-state index contributed by atoms with van der Waals surface area (Å²) < 4.78 is 5.40. The molecule has 0 spiro atoms. The van der Waals surface area contributed by atoms with E-state index in [0.717, 1.165) is 25.3 Å². The van der Waals surface area contributed by atoms with Gasteiger partial charge in [-0.1, -0.05) is 23.4 Å². The lowest BCUT2D eigenvalue weighted by atomic mass is 9.99. The summed E-state index contributed by atoms with van der Waals surface area (Å²) in [6.07, 6.45) is 3.05. The number of hydrogen-bond donors (Lipinski definition) is 1. The van der Waals surface area contributed by atoms with E-state index in [-0.39, 0.29) is 0 Å². The fourth-order valence-corrected chi connectivity index (χ4v) is 2.67. The van der Waals surface area contributed by atoms with Crippen molar-refractivity contribution in [1.29, 1.82) is 0 Å². The molecular formula is C16H21N3O. The zero-order chi connectivity index (χ0) is 13.9.